The third kappa shape index (κ3) is 2.80. The minimum Gasteiger partial charge on any atom is -0.396 e. The number of ketones is 1. The van der Waals surface area contributed by atoms with E-state index in [1.165, 1.54) is 37.7 Å². The number of allylic oxidation sites excluding steroid dienone is 3. The summed E-state index contributed by atoms with van der Waals surface area (Å²) >= 11 is 6.65. The second-order valence-corrected chi connectivity index (χ2v) is 14.5. The van der Waals surface area contributed by atoms with Crippen LogP contribution in [0.2, 0.25) is 0 Å². The molecule has 1 N–H and O–H groups in total. The first-order valence-electron chi connectivity index (χ1n) is 13.5. The number of hydrogen-bond acceptors (Lipinski definition) is 2. The molecule has 0 aromatic carbocycles. The third-order valence-electron chi connectivity index (χ3n) is 12.8. The number of carbonyl (C=O) groups is 1. The highest BCUT2D eigenvalue weighted by atomic mass is 35.5. The molecule has 0 aromatic rings. The summed E-state index contributed by atoms with van der Waals surface area (Å²) in [5, 5.41) is 11.1. The molecule has 0 aromatic heterocycles. The molecule has 5 rings (SSSR count). The van der Waals surface area contributed by atoms with Crippen LogP contribution in [0.1, 0.15) is 92.9 Å². The average molecular weight is 473 g/mol. The monoisotopic (exact) mass is 472 g/mol. The Morgan fingerprint density at radius 2 is 1.70 bits per heavy atom. The fourth-order valence-electron chi connectivity index (χ4n) is 11.0. The van der Waals surface area contributed by atoms with E-state index in [-0.39, 0.29) is 27.4 Å². The Kier molecular flexibility index (Phi) is 5.27. The summed E-state index contributed by atoms with van der Waals surface area (Å²) in [5.41, 5.74) is 1.45. The first-order valence-corrected chi connectivity index (χ1v) is 13.9. The quantitative estimate of drug-likeness (QED) is 0.421. The lowest BCUT2D eigenvalue weighted by Crippen LogP contribution is -2.66. The normalized spacial score (nSPS) is 52.8. The molecule has 33 heavy (non-hydrogen) atoms. The summed E-state index contributed by atoms with van der Waals surface area (Å²) in [6.45, 7) is 18.9. The molecule has 4 fully saturated rings. The predicted octanol–water partition coefficient (Wildman–Crippen LogP) is 7.55. The van der Waals surface area contributed by atoms with Gasteiger partial charge in [-0.25, -0.2) is 0 Å². The SMILES string of the molecule is C=C(C)[C@@H]1CC[C@]2(CO)CC[C@]3(C)[C@H](CC[C@@H]4[C@@]5(C)C=C(Cl)C(=O)C(C)(C)[C@@H]5CC[C@]43C)[C@@H]12. The highest BCUT2D eigenvalue weighted by molar-refractivity contribution is 6.43. The molecule has 184 valence electrons. The van der Waals surface area contributed by atoms with Crippen molar-refractivity contribution < 1.29 is 9.90 Å². The van der Waals surface area contributed by atoms with Gasteiger partial charge < -0.3 is 5.11 Å². The van der Waals surface area contributed by atoms with E-state index in [2.05, 4.69) is 54.2 Å². The van der Waals surface area contributed by atoms with Crippen LogP contribution in [-0.4, -0.2) is 17.5 Å². The Labute approximate surface area is 206 Å². The van der Waals surface area contributed by atoms with Crippen molar-refractivity contribution in [1.29, 1.82) is 0 Å². The molecule has 0 unspecified atom stereocenters. The zero-order valence-corrected chi connectivity index (χ0v) is 22.5. The molecule has 5 aliphatic rings. The maximum atomic E-state index is 13.0. The molecule has 0 spiro atoms. The zero-order valence-electron chi connectivity index (χ0n) is 21.8. The van der Waals surface area contributed by atoms with Gasteiger partial charge in [0.2, 0.25) is 0 Å². The van der Waals surface area contributed by atoms with Gasteiger partial charge in [-0.1, -0.05) is 64.4 Å². The van der Waals surface area contributed by atoms with Crippen LogP contribution in [0.15, 0.2) is 23.3 Å². The number of carbonyl (C=O) groups excluding carboxylic acids is 1. The maximum Gasteiger partial charge on any atom is 0.179 e. The van der Waals surface area contributed by atoms with Crippen molar-refractivity contribution in [2.24, 2.45) is 56.7 Å². The zero-order chi connectivity index (χ0) is 24.2. The van der Waals surface area contributed by atoms with Gasteiger partial charge >= 0.3 is 0 Å². The van der Waals surface area contributed by atoms with Crippen LogP contribution in [-0.2, 0) is 4.79 Å². The second kappa shape index (κ2) is 7.22. The van der Waals surface area contributed by atoms with Crippen molar-refractivity contribution in [3.63, 3.8) is 0 Å². The van der Waals surface area contributed by atoms with E-state index in [9.17, 15) is 9.90 Å². The largest absolute Gasteiger partial charge is 0.396 e. The van der Waals surface area contributed by atoms with Crippen LogP contribution in [0, 0.1) is 56.7 Å². The summed E-state index contributed by atoms with van der Waals surface area (Å²) in [4.78, 5) is 13.0. The van der Waals surface area contributed by atoms with Gasteiger partial charge in [-0.2, -0.15) is 0 Å². The standard InChI is InChI=1S/C30H45ClO2/c1-18(2)19-10-13-30(17-32)15-14-28(6)20(24(19)30)8-9-23-27(5)16-21(31)25(33)26(3,4)22(27)11-12-29(23,28)7/h16,19-20,22-24,32H,1,8-15,17H2,2-7H3/t19-,20+,22-,23+,24+,27-,28+,29+,30+/m0/s1. The summed E-state index contributed by atoms with van der Waals surface area (Å²) in [5.74, 6) is 2.78. The minimum atomic E-state index is -0.394. The van der Waals surface area contributed by atoms with E-state index in [1.807, 2.05) is 0 Å². The average Bonchev–Trinajstić information content (AvgIpc) is 3.13. The van der Waals surface area contributed by atoms with Gasteiger partial charge in [0.05, 0.1) is 5.03 Å². The van der Waals surface area contributed by atoms with Gasteiger partial charge in [0.15, 0.2) is 5.78 Å². The summed E-state index contributed by atoms with van der Waals surface area (Å²) < 4.78 is 0. The smallest absolute Gasteiger partial charge is 0.179 e. The van der Waals surface area contributed by atoms with Crippen molar-refractivity contribution in [2.75, 3.05) is 6.61 Å². The summed E-state index contributed by atoms with van der Waals surface area (Å²) in [7, 11) is 0. The fourth-order valence-corrected chi connectivity index (χ4v) is 11.5. The third-order valence-corrected chi connectivity index (χ3v) is 13.1. The van der Waals surface area contributed by atoms with E-state index in [4.69, 9.17) is 11.6 Å². The van der Waals surface area contributed by atoms with Crippen molar-refractivity contribution in [3.8, 4) is 0 Å². The number of halogens is 1. The Hall–Kier alpha value is -0.600. The first-order chi connectivity index (χ1) is 15.3. The molecule has 2 nitrogen and oxygen atoms in total. The van der Waals surface area contributed by atoms with Gasteiger partial charge in [0.25, 0.3) is 0 Å². The number of Topliss-reactive ketones (excluding diaryl/α,β-unsaturated/α-hetero) is 1. The van der Waals surface area contributed by atoms with Crippen LogP contribution >= 0.6 is 11.6 Å². The van der Waals surface area contributed by atoms with Gasteiger partial charge in [-0.15, -0.1) is 0 Å². The molecule has 0 aliphatic heterocycles. The Morgan fingerprint density at radius 1 is 1.00 bits per heavy atom. The second-order valence-electron chi connectivity index (χ2n) is 14.1. The summed E-state index contributed by atoms with van der Waals surface area (Å²) in [6.07, 6.45) is 11.6. The molecule has 0 bridgehead atoms. The molecule has 4 saturated carbocycles. The van der Waals surface area contributed by atoms with Crippen molar-refractivity contribution in [3.05, 3.63) is 23.3 Å². The first kappa shape index (κ1) is 24.1. The van der Waals surface area contributed by atoms with E-state index in [1.54, 1.807) is 0 Å². The highest BCUT2D eigenvalue weighted by Gasteiger charge is 2.70. The molecule has 3 heteroatoms. The lowest BCUT2D eigenvalue weighted by molar-refractivity contribution is -0.221. The van der Waals surface area contributed by atoms with E-state index in [0.29, 0.717) is 41.2 Å². The molecule has 0 radical (unpaired) electrons. The van der Waals surface area contributed by atoms with Gasteiger partial charge in [0, 0.05) is 12.0 Å². The molecule has 0 heterocycles. The Morgan fingerprint density at radius 3 is 2.33 bits per heavy atom. The number of aliphatic hydroxyl groups excluding tert-OH is 1. The topological polar surface area (TPSA) is 37.3 Å². The van der Waals surface area contributed by atoms with E-state index in [0.717, 1.165) is 19.3 Å². The minimum absolute atomic E-state index is 0.0373. The van der Waals surface area contributed by atoms with Gasteiger partial charge in [-0.05, 0) is 110 Å². The Balaban J connectivity index is 1.59. The van der Waals surface area contributed by atoms with Gasteiger partial charge in [0.1, 0.15) is 0 Å². The van der Waals surface area contributed by atoms with Crippen molar-refractivity contribution >= 4 is 17.4 Å². The predicted molar refractivity (Wildman–Crippen MR) is 136 cm³/mol. The molecule has 5 aliphatic carbocycles. The summed E-state index contributed by atoms with van der Waals surface area (Å²) in [6, 6.07) is 0. The lowest BCUT2D eigenvalue weighted by atomic mass is 9.33. The molecule has 0 saturated heterocycles. The number of aliphatic hydroxyl groups is 1. The molecular formula is C30H45ClO2. The molecular weight excluding hydrogens is 428 g/mol. The van der Waals surface area contributed by atoms with Crippen LogP contribution in [0.4, 0.5) is 0 Å². The maximum absolute atomic E-state index is 13.0. The van der Waals surface area contributed by atoms with Gasteiger partial charge in [-0.3, -0.25) is 4.79 Å². The lowest BCUT2D eigenvalue weighted by Gasteiger charge is -2.71. The Bertz CT molecular complexity index is 918. The molecule has 9 atom stereocenters. The van der Waals surface area contributed by atoms with Crippen LogP contribution in [0.3, 0.4) is 0 Å². The number of rotatable bonds is 2. The van der Waals surface area contributed by atoms with Crippen LogP contribution in [0.25, 0.3) is 0 Å². The van der Waals surface area contributed by atoms with Crippen LogP contribution < -0.4 is 0 Å². The van der Waals surface area contributed by atoms with Crippen LogP contribution in [0.5, 0.6) is 0 Å². The molecule has 0 amide bonds. The number of fused-ring (bicyclic) bond motifs is 7. The van der Waals surface area contributed by atoms with E-state index >= 15 is 0 Å². The number of hydrogen-bond donors (Lipinski definition) is 1. The van der Waals surface area contributed by atoms with Crippen molar-refractivity contribution in [2.45, 2.75) is 92.9 Å². The highest BCUT2D eigenvalue weighted by Crippen LogP contribution is 2.77. The van der Waals surface area contributed by atoms with Crippen molar-refractivity contribution in [1.82, 2.24) is 0 Å². The fraction of sp³-hybridized carbons (Fsp3) is 0.833. The van der Waals surface area contributed by atoms with E-state index < -0.39 is 5.41 Å².